The van der Waals surface area contributed by atoms with Crippen LogP contribution >= 0.6 is 12.2 Å². The first-order chi connectivity index (χ1) is 5.13. The van der Waals surface area contributed by atoms with Gasteiger partial charge in [0.25, 0.3) is 0 Å². The Balaban J connectivity index is 3.06. The van der Waals surface area contributed by atoms with Gasteiger partial charge in [-0.15, -0.1) is 0 Å². The van der Waals surface area contributed by atoms with Crippen LogP contribution in [0.5, 0.6) is 0 Å². The highest BCUT2D eigenvalue weighted by Gasteiger charge is 2.22. The maximum Gasteiger partial charge on any atom is 0.339 e. The van der Waals surface area contributed by atoms with Crippen LogP contribution in [0.25, 0.3) is 0 Å². The highest BCUT2D eigenvalue weighted by molar-refractivity contribution is 7.82. The summed E-state index contributed by atoms with van der Waals surface area (Å²) in [5.74, 6) is -1.97. The number of carbonyl (C=O) groups is 2. The first-order valence-corrected chi connectivity index (χ1v) is 3.10. The largest absolute Gasteiger partial charge is 0.478 e. The molecular weight excluding hydrogens is 166 g/mol. The SMILES string of the molecule is O=C(O)C1=CC=NC(=S)C1=O. The third-order valence-electron chi connectivity index (χ3n) is 1.10. The van der Waals surface area contributed by atoms with Crippen LogP contribution in [0.15, 0.2) is 16.6 Å². The molecular formula is C6H3NO3S. The van der Waals surface area contributed by atoms with E-state index in [1.54, 1.807) is 0 Å². The van der Waals surface area contributed by atoms with E-state index < -0.39 is 11.8 Å². The van der Waals surface area contributed by atoms with Crippen molar-refractivity contribution in [3.8, 4) is 0 Å². The van der Waals surface area contributed by atoms with E-state index in [2.05, 4.69) is 17.2 Å². The molecule has 0 saturated heterocycles. The molecule has 0 atom stereocenters. The molecule has 0 radical (unpaired) electrons. The zero-order valence-corrected chi connectivity index (χ0v) is 6.09. The minimum atomic E-state index is -1.27. The first kappa shape index (κ1) is 7.74. The van der Waals surface area contributed by atoms with Crippen LogP contribution in [0.3, 0.4) is 0 Å². The normalized spacial score (nSPS) is 16.5. The Morgan fingerprint density at radius 2 is 2.27 bits per heavy atom. The maximum atomic E-state index is 10.9. The molecule has 0 spiro atoms. The number of Topliss-reactive ketones (excluding diaryl/α,β-unsaturated/α-hetero) is 1. The average molecular weight is 169 g/mol. The Kier molecular flexibility index (Phi) is 1.91. The van der Waals surface area contributed by atoms with E-state index in [0.29, 0.717) is 0 Å². The van der Waals surface area contributed by atoms with Crippen molar-refractivity contribution < 1.29 is 14.7 Å². The van der Waals surface area contributed by atoms with Gasteiger partial charge in [-0.2, -0.15) is 0 Å². The second-order valence-electron chi connectivity index (χ2n) is 1.80. The predicted octanol–water partition coefficient (Wildman–Crippen LogP) is -0.0217. The fourth-order valence-corrected chi connectivity index (χ4v) is 0.768. The van der Waals surface area contributed by atoms with Gasteiger partial charge in [0, 0.05) is 6.21 Å². The van der Waals surface area contributed by atoms with E-state index in [1.165, 1.54) is 6.21 Å². The van der Waals surface area contributed by atoms with Crippen molar-refractivity contribution >= 4 is 35.2 Å². The van der Waals surface area contributed by atoms with Gasteiger partial charge in [0.2, 0.25) is 5.78 Å². The number of carboxylic acid groups (broad SMARTS) is 1. The van der Waals surface area contributed by atoms with Gasteiger partial charge in [0.05, 0.1) is 0 Å². The van der Waals surface area contributed by atoms with Gasteiger partial charge in [0.15, 0.2) is 4.99 Å². The number of rotatable bonds is 1. The number of carboxylic acids is 1. The van der Waals surface area contributed by atoms with Crippen molar-refractivity contribution in [2.75, 3.05) is 0 Å². The molecule has 56 valence electrons. The summed E-state index contributed by atoms with van der Waals surface area (Å²) in [5, 5.41) is 8.42. The summed E-state index contributed by atoms with van der Waals surface area (Å²) in [6, 6.07) is 0. The Bertz CT molecular complexity index is 303. The molecule has 1 heterocycles. The zero-order chi connectivity index (χ0) is 8.43. The van der Waals surface area contributed by atoms with Crippen molar-refractivity contribution in [3.63, 3.8) is 0 Å². The molecule has 0 bridgehead atoms. The number of aliphatic imine (C=N–C) groups is 1. The van der Waals surface area contributed by atoms with Crippen LogP contribution in [0.4, 0.5) is 0 Å². The Morgan fingerprint density at radius 3 is 2.73 bits per heavy atom. The number of aliphatic carboxylic acids is 1. The number of carbonyl (C=O) groups excluding carboxylic acids is 1. The van der Waals surface area contributed by atoms with Gasteiger partial charge in [-0.05, 0) is 6.08 Å². The molecule has 11 heavy (non-hydrogen) atoms. The Hall–Kier alpha value is -1.36. The second-order valence-corrected chi connectivity index (χ2v) is 2.18. The molecule has 1 aliphatic heterocycles. The standard InChI is InChI=1S/C6H3NO3S/c8-4-3(6(9)10)1-2-7-5(4)11/h1-2H,(H,9,10). The van der Waals surface area contributed by atoms with Crippen LogP contribution < -0.4 is 0 Å². The highest BCUT2D eigenvalue weighted by atomic mass is 32.1. The lowest BCUT2D eigenvalue weighted by atomic mass is 10.1. The summed E-state index contributed by atoms with van der Waals surface area (Å²) in [6.07, 6.45) is 2.33. The molecule has 5 heteroatoms. The van der Waals surface area contributed by atoms with E-state index >= 15 is 0 Å². The molecule has 4 nitrogen and oxygen atoms in total. The molecule has 0 saturated carbocycles. The van der Waals surface area contributed by atoms with Crippen molar-refractivity contribution in [2.24, 2.45) is 4.99 Å². The number of dihydropyridines is 1. The smallest absolute Gasteiger partial charge is 0.339 e. The summed E-state index contributed by atoms with van der Waals surface area (Å²) in [7, 11) is 0. The lowest BCUT2D eigenvalue weighted by Gasteiger charge is -2.01. The lowest BCUT2D eigenvalue weighted by Crippen LogP contribution is -2.21. The Morgan fingerprint density at radius 1 is 1.64 bits per heavy atom. The van der Waals surface area contributed by atoms with Gasteiger partial charge >= 0.3 is 5.97 Å². The number of hydrogen-bond acceptors (Lipinski definition) is 3. The molecule has 1 aliphatic rings. The van der Waals surface area contributed by atoms with Crippen LogP contribution in [0, 0.1) is 0 Å². The maximum absolute atomic E-state index is 10.9. The van der Waals surface area contributed by atoms with Crippen LogP contribution in [0.1, 0.15) is 0 Å². The minimum Gasteiger partial charge on any atom is -0.478 e. The van der Waals surface area contributed by atoms with Gasteiger partial charge in [-0.3, -0.25) is 4.79 Å². The molecule has 0 aromatic rings. The minimum absolute atomic E-state index is 0.204. The van der Waals surface area contributed by atoms with Gasteiger partial charge in [0.1, 0.15) is 5.57 Å². The Labute approximate surface area is 67.2 Å². The molecule has 0 unspecified atom stereocenters. The fourth-order valence-electron chi connectivity index (χ4n) is 0.597. The van der Waals surface area contributed by atoms with Crippen LogP contribution in [-0.2, 0) is 9.59 Å². The monoisotopic (exact) mass is 169 g/mol. The van der Waals surface area contributed by atoms with E-state index in [-0.39, 0.29) is 10.6 Å². The van der Waals surface area contributed by atoms with Gasteiger partial charge in [-0.1, -0.05) is 12.2 Å². The number of hydrogen-bond donors (Lipinski definition) is 1. The number of ketones is 1. The topological polar surface area (TPSA) is 66.7 Å². The van der Waals surface area contributed by atoms with Crippen molar-refractivity contribution in [1.29, 1.82) is 0 Å². The molecule has 0 aromatic carbocycles. The molecule has 0 aromatic heterocycles. The third kappa shape index (κ3) is 1.38. The van der Waals surface area contributed by atoms with Crippen molar-refractivity contribution in [3.05, 3.63) is 11.6 Å². The third-order valence-corrected chi connectivity index (χ3v) is 1.39. The summed E-state index contributed by atoms with van der Waals surface area (Å²) in [4.78, 5) is 24.4. The van der Waals surface area contributed by atoms with E-state index in [1.807, 2.05) is 0 Å². The van der Waals surface area contributed by atoms with E-state index in [4.69, 9.17) is 5.11 Å². The average Bonchev–Trinajstić information content (AvgIpc) is 1.94. The first-order valence-electron chi connectivity index (χ1n) is 2.69. The van der Waals surface area contributed by atoms with Gasteiger partial charge < -0.3 is 5.11 Å². The van der Waals surface area contributed by atoms with Gasteiger partial charge in [-0.25, -0.2) is 9.79 Å². The number of allylic oxidation sites excluding steroid dienone is 1. The highest BCUT2D eigenvalue weighted by Crippen LogP contribution is 2.03. The summed E-state index contributed by atoms with van der Waals surface area (Å²) in [5.41, 5.74) is -0.329. The second kappa shape index (κ2) is 2.71. The van der Waals surface area contributed by atoms with E-state index in [9.17, 15) is 9.59 Å². The van der Waals surface area contributed by atoms with Crippen LogP contribution in [0.2, 0.25) is 0 Å². The van der Waals surface area contributed by atoms with Crippen LogP contribution in [-0.4, -0.2) is 28.1 Å². The lowest BCUT2D eigenvalue weighted by molar-refractivity contribution is -0.133. The van der Waals surface area contributed by atoms with Crippen molar-refractivity contribution in [1.82, 2.24) is 0 Å². The zero-order valence-electron chi connectivity index (χ0n) is 5.27. The molecule has 0 fully saturated rings. The predicted molar refractivity (Wildman–Crippen MR) is 41.8 cm³/mol. The molecule has 0 aliphatic carbocycles. The molecule has 1 N–H and O–H groups in total. The summed E-state index contributed by atoms with van der Waals surface area (Å²) < 4.78 is 0. The number of nitrogens with zero attached hydrogens (tertiary/aromatic N) is 1. The fraction of sp³-hybridized carbons (Fsp3) is 0. The molecule has 1 rings (SSSR count). The summed E-state index contributed by atoms with van der Waals surface area (Å²) in [6.45, 7) is 0. The quantitative estimate of drug-likeness (QED) is 0.442. The summed E-state index contributed by atoms with van der Waals surface area (Å²) >= 11 is 4.47. The number of thiocarbonyl (C=S) groups is 1. The van der Waals surface area contributed by atoms with E-state index in [0.717, 1.165) is 6.08 Å². The molecule has 0 amide bonds. The van der Waals surface area contributed by atoms with Crippen molar-refractivity contribution in [2.45, 2.75) is 0 Å².